The first-order valence-electron chi connectivity index (χ1n) is 11.6. The molecule has 1 amide bonds. The van der Waals surface area contributed by atoms with Crippen molar-refractivity contribution in [1.82, 2.24) is 30.0 Å². The summed E-state index contributed by atoms with van der Waals surface area (Å²) >= 11 is 0. The number of rotatable bonds is 4. The number of amides is 1. The van der Waals surface area contributed by atoms with Crippen LogP contribution in [0.15, 0.2) is 12.3 Å². The third-order valence-corrected chi connectivity index (χ3v) is 8.01. The van der Waals surface area contributed by atoms with E-state index in [4.69, 9.17) is 4.74 Å². The molecule has 1 unspecified atom stereocenters. The maximum absolute atomic E-state index is 14.3. The first kappa shape index (κ1) is 21.6. The summed E-state index contributed by atoms with van der Waals surface area (Å²) in [6.45, 7) is 6.25. The van der Waals surface area contributed by atoms with Crippen LogP contribution in [0.5, 0.6) is 0 Å². The highest BCUT2D eigenvalue weighted by atomic mass is 19.3. The minimum Gasteiger partial charge on any atom is -0.379 e. The highest BCUT2D eigenvalue weighted by Gasteiger charge is 2.78. The number of morpholine rings is 1. The van der Waals surface area contributed by atoms with E-state index in [1.54, 1.807) is 25.1 Å². The molecule has 34 heavy (non-hydrogen) atoms. The number of carbonyl (C=O) groups excluding carboxylic acids is 1. The number of ether oxygens (including phenoxy) is 1. The van der Waals surface area contributed by atoms with Gasteiger partial charge >= 0.3 is 0 Å². The number of hydrogen-bond donors (Lipinski definition) is 2. The van der Waals surface area contributed by atoms with Gasteiger partial charge in [-0.3, -0.25) is 14.8 Å². The lowest BCUT2D eigenvalue weighted by atomic mass is 9.87. The SMILES string of the molecule is CC(C(=O)N(C)c1cnc2nc(-c3n[nH]c4c3C[C@@H]3C(F)(F)[C@]3(C)C4)[nH]c2c1)N1CCOCC1. The molecule has 0 radical (unpaired) electrons. The van der Waals surface area contributed by atoms with Gasteiger partial charge in [0.05, 0.1) is 36.7 Å². The summed E-state index contributed by atoms with van der Waals surface area (Å²) in [4.78, 5) is 29.0. The first-order chi connectivity index (χ1) is 16.2. The second-order valence-electron chi connectivity index (χ2n) is 9.87. The Kier molecular flexibility index (Phi) is 4.63. The number of nitrogens with zero attached hydrogens (tertiary/aromatic N) is 5. The van der Waals surface area contributed by atoms with Crippen molar-refractivity contribution in [3.63, 3.8) is 0 Å². The average molecular weight is 472 g/mol. The quantitative estimate of drug-likeness (QED) is 0.606. The molecule has 0 aromatic carbocycles. The minimum absolute atomic E-state index is 0.0300. The molecule has 2 fully saturated rings. The summed E-state index contributed by atoms with van der Waals surface area (Å²) in [7, 11) is 1.73. The molecule has 9 nitrogen and oxygen atoms in total. The Morgan fingerprint density at radius 1 is 1.35 bits per heavy atom. The Balaban J connectivity index is 1.26. The highest BCUT2D eigenvalue weighted by molar-refractivity contribution is 5.97. The normalized spacial score (nSPS) is 26.7. The van der Waals surface area contributed by atoms with E-state index in [1.807, 2.05) is 13.0 Å². The largest absolute Gasteiger partial charge is 0.379 e. The third-order valence-electron chi connectivity index (χ3n) is 8.01. The molecular weight excluding hydrogens is 444 g/mol. The van der Waals surface area contributed by atoms with Crippen LogP contribution in [-0.2, 0) is 22.4 Å². The standard InChI is InChI=1S/C23H27F2N7O2/c1-12(32-4-6-34-7-5-32)21(33)31(3)13-8-15-19(26-11-13)28-20(27-15)18-14-9-17-22(2,23(17,24)25)10-16(14)29-30-18/h8,11-12,17H,4-7,9-10H2,1-3H3,(H,29,30)(H,26,27,28)/t12?,17-,22+/m0/s1. The molecule has 1 aliphatic heterocycles. The Labute approximate surface area is 194 Å². The van der Waals surface area contributed by atoms with E-state index in [9.17, 15) is 13.6 Å². The molecule has 3 aromatic heterocycles. The molecule has 2 N–H and O–H groups in total. The van der Waals surface area contributed by atoms with Gasteiger partial charge < -0.3 is 14.6 Å². The van der Waals surface area contributed by atoms with E-state index in [0.29, 0.717) is 41.6 Å². The maximum Gasteiger partial charge on any atom is 0.258 e. The minimum atomic E-state index is -2.65. The van der Waals surface area contributed by atoms with Crippen LogP contribution in [0.2, 0.25) is 0 Å². The summed E-state index contributed by atoms with van der Waals surface area (Å²) in [5.74, 6) is -2.85. The Bertz CT molecular complexity index is 1280. The number of likely N-dealkylation sites (N-methyl/N-ethyl adjacent to an activating group) is 1. The number of hydrogen-bond acceptors (Lipinski definition) is 6. The van der Waals surface area contributed by atoms with E-state index in [-0.39, 0.29) is 24.8 Å². The van der Waals surface area contributed by atoms with Crippen molar-refractivity contribution < 1.29 is 18.3 Å². The number of anilines is 1. The van der Waals surface area contributed by atoms with Gasteiger partial charge in [0.25, 0.3) is 5.92 Å². The van der Waals surface area contributed by atoms with Gasteiger partial charge in [0, 0.05) is 49.1 Å². The number of nitrogens with one attached hydrogen (secondary N) is 2. The molecule has 6 rings (SSSR count). The van der Waals surface area contributed by atoms with E-state index in [0.717, 1.165) is 24.3 Å². The fourth-order valence-corrected chi connectivity index (χ4v) is 5.52. The van der Waals surface area contributed by atoms with Crippen LogP contribution in [0.3, 0.4) is 0 Å². The summed E-state index contributed by atoms with van der Waals surface area (Å²) in [6, 6.07) is 1.55. The van der Waals surface area contributed by atoms with Crippen molar-refractivity contribution >= 4 is 22.8 Å². The molecule has 1 saturated heterocycles. The van der Waals surface area contributed by atoms with Gasteiger partial charge in [-0.05, 0) is 19.4 Å². The number of H-pyrrole nitrogens is 2. The van der Waals surface area contributed by atoms with Crippen molar-refractivity contribution in [3.05, 3.63) is 23.5 Å². The van der Waals surface area contributed by atoms with E-state index in [2.05, 4.69) is 30.0 Å². The zero-order valence-corrected chi connectivity index (χ0v) is 19.4. The number of carbonyl (C=O) groups is 1. The fraction of sp³-hybridized carbons (Fsp3) is 0.565. The predicted octanol–water partition coefficient (Wildman–Crippen LogP) is 2.40. The summed E-state index contributed by atoms with van der Waals surface area (Å²) < 4.78 is 33.9. The number of aromatic nitrogens is 5. The van der Waals surface area contributed by atoms with Gasteiger partial charge in [0.1, 0.15) is 5.69 Å². The van der Waals surface area contributed by atoms with Crippen LogP contribution in [0, 0.1) is 11.3 Å². The number of halogens is 2. The number of fused-ring (bicyclic) bond motifs is 3. The molecule has 3 atom stereocenters. The van der Waals surface area contributed by atoms with Crippen LogP contribution < -0.4 is 4.90 Å². The van der Waals surface area contributed by atoms with Gasteiger partial charge in [-0.2, -0.15) is 5.10 Å². The molecule has 3 aliphatic rings. The lowest BCUT2D eigenvalue weighted by Gasteiger charge is -2.33. The molecule has 3 aromatic rings. The molecule has 0 bridgehead atoms. The summed E-state index contributed by atoms with van der Waals surface area (Å²) in [5.41, 5.74) is 2.90. The van der Waals surface area contributed by atoms with Gasteiger partial charge in [0.15, 0.2) is 11.5 Å². The number of pyridine rings is 1. The molecule has 1 saturated carbocycles. The molecular formula is C23H27F2N7O2. The van der Waals surface area contributed by atoms with Crippen molar-refractivity contribution in [3.8, 4) is 11.5 Å². The Hall–Kier alpha value is -2.92. The van der Waals surface area contributed by atoms with Crippen LogP contribution in [0.1, 0.15) is 25.1 Å². The van der Waals surface area contributed by atoms with Crippen LogP contribution in [0.4, 0.5) is 14.5 Å². The zero-order chi connectivity index (χ0) is 23.8. The molecule has 11 heteroatoms. The lowest BCUT2D eigenvalue weighted by molar-refractivity contribution is -0.124. The zero-order valence-electron chi connectivity index (χ0n) is 19.4. The van der Waals surface area contributed by atoms with E-state index >= 15 is 0 Å². The highest BCUT2D eigenvalue weighted by Crippen LogP contribution is 2.70. The Morgan fingerprint density at radius 2 is 2.12 bits per heavy atom. The van der Waals surface area contributed by atoms with Crippen molar-refractivity contribution in [2.75, 3.05) is 38.3 Å². The molecule has 2 aliphatic carbocycles. The van der Waals surface area contributed by atoms with Gasteiger partial charge in [0.2, 0.25) is 5.91 Å². The van der Waals surface area contributed by atoms with Crippen molar-refractivity contribution in [2.45, 2.75) is 38.7 Å². The van der Waals surface area contributed by atoms with Crippen LogP contribution >= 0.6 is 0 Å². The molecule has 180 valence electrons. The lowest BCUT2D eigenvalue weighted by Crippen LogP contribution is -2.50. The second kappa shape index (κ2) is 7.29. The smallest absolute Gasteiger partial charge is 0.258 e. The maximum atomic E-state index is 14.3. The van der Waals surface area contributed by atoms with E-state index in [1.165, 1.54) is 0 Å². The van der Waals surface area contributed by atoms with Crippen LogP contribution in [0.25, 0.3) is 22.7 Å². The molecule has 0 spiro atoms. The van der Waals surface area contributed by atoms with Gasteiger partial charge in [-0.25, -0.2) is 18.7 Å². The fourth-order valence-electron chi connectivity index (χ4n) is 5.52. The van der Waals surface area contributed by atoms with Crippen molar-refractivity contribution in [1.29, 1.82) is 0 Å². The van der Waals surface area contributed by atoms with Gasteiger partial charge in [-0.15, -0.1) is 0 Å². The molecule has 4 heterocycles. The second-order valence-corrected chi connectivity index (χ2v) is 9.87. The predicted molar refractivity (Wildman–Crippen MR) is 121 cm³/mol. The van der Waals surface area contributed by atoms with Crippen molar-refractivity contribution in [2.24, 2.45) is 11.3 Å². The third kappa shape index (κ3) is 3.02. The monoisotopic (exact) mass is 471 g/mol. The number of aromatic amines is 2. The summed E-state index contributed by atoms with van der Waals surface area (Å²) in [6.07, 6.45) is 2.17. The van der Waals surface area contributed by atoms with E-state index < -0.39 is 17.3 Å². The average Bonchev–Trinajstić information content (AvgIpc) is 3.24. The number of imidazole rings is 1. The summed E-state index contributed by atoms with van der Waals surface area (Å²) in [5, 5.41) is 7.33. The Morgan fingerprint density at radius 3 is 2.88 bits per heavy atom. The topological polar surface area (TPSA) is 103 Å². The first-order valence-corrected chi connectivity index (χ1v) is 11.6. The van der Waals surface area contributed by atoms with Gasteiger partial charge in [-0.1, -0.05) is 6.92 Å². The van der Waals surface area contributed by atoms with Crippen LogP contribution in [-0.4, -0.2) is 81.3 Å². The number of alkyl halides is 2.